The smallest absolute Gasteiger partial charge is 0.0454 e. The number of benzene rings is 4. The molecule has 0 N–H and O–H groups in total. The Bertz CT molecular complexity index is 1840. The van der Waals surface area contributed by atoms with Crippen molar-refractivity contribution in [1.82, 2.24) is 0 Å². The summed E-state index contributed by atoms with van der Waals surface area (Å²) < 4.78 is 0. The van der Waals surface area contributed by atoms with Crippen LogP contribution in [-0.2, 0) is 10.8 Å². The van der Waals surface area contributed by atoms with Crippen LogP contribution in [0.3, 0.4) is 0 Å². The molecule has 0 saturated carbocycles. The van der Waals surface area contributed by atoms with E-state index in [2.05, 4.69) is 156 Å². The number of likely N-dealkylation sites (N-methyl/N-ethyl adjacent to an activating group) is 1. The zero-order chi connectivity index (χ0) is 29.6. The first-order valence-corrected chi connectivity index (χ1v) is 15.3. The van der Waals surface area contributed by atoms with Gasteiger partial charge >= 0.3 is 0 Å². The van der Waals surface area contributed by atoms with Gasteiger partial charge in [-0.05, 0) is 93.3 Å². The molecule has 0 bridgehead atoms. The molecule has 1 heterocycles. The average Bonchev–Trinajstić information content (AvgIpc) is 3.18. The van der Waals surface area contributed by atoms with Crippen molar-refractivity contribution >= 4 is 27.2 Å². The fourth-order valence-corrected chi connectivity index (χ4v) is 7.31. The Balaban J connectivity index is 1.27. The summed E-state index contributed by atoms with van der Waals surface area (Å²) >= 11 is 0. The highest BCUT2D eigenvalue weighted by Crippen LogP contribution is 2.50. The predicted molar refractivity (Wildman–Crippen MR) is 183 cm³/mol. The molecule has 2 aliphatic rings. The SMILES string of the molecule is C=C(/C=C/C1=CC(=C/C=C2/N(C)c3ccc4ccccc4c3C2(C)C)/CCC1)C(C)(C)c1c(C)ccc2ccccc12. The molecule has 0 atom stereocenters. The van der Waals surface area contributed by atoms with Crippen LogP contribution in [0, 0.1) is 6.92 Å². The summed E-state index contributed by atoms with van der Waals surface area (Å²) in [7, 11) is 2.21. The van der Waals surface area contributed by atoms with Gasteiger partial charge < -0.3 is 4.90 Å². The fraction of sp³-hybridized carbons (Fsp3) is 0.268. The maximum atomic E-state index is 4.56. The summed E-state index contributed by atoms with van der Waals surface area (Å²) in [6.07, 6.45) is 15.1. The number of fused-ring (bicyclic) bond motifs is 4. The first-order valence-electron chi connectivity index (χ1n) is 15.3. The number of rotatable bonds is 5. The highest BCUT2D eigenvalue weighted by Gasteiger charge is 2.39. The van der Waals surface area contributed by atoms with E-state index >= 15 is 0 Å². The third kappa shape index (κ3) is 4.75. The van der Waals surface area contributed by atoms with Crippen LogP contribution in [-0.4, -0.2) is 7.05 Å². The number of nitrogens with zero attached hydrogens (tertiary/aromatic N) is 1. The topological polar surface area (TPSA) is 3.24 Å². The van der Waals surface area contributed by atoms with E-state index in [1.165, 1.54) is 67.2 Å². The third-order valence-corrected chi connectivity index (χ3v) is 9.72. The molecule has 0 amide bonds. The van der Waals surface area contributed by atoms with Crippen molar-refractivity contribution in [2.45, 2.75) is 64.7 Å². The van der Waals surface area contributed by atoms with Gasteiger partial charge in [-0.25, -0.2) is 0 Å². The average molecular weight is 550 g/mol. The van der Waals surface area contributed by atoms with Crippen LogP contribution in [0.1, 0.15) is 63.6 Å². The Labute approximate surface area is 252 Å². The summed E-state index contributed by atoms with van der Waals surface area (Å²) in [4.78, 5) is 2.38. The zero-order valence-electron chi connectivity index (χ0n) is 26.1. The first kappa shape index (κ1) is 28.0. The summed E-state index contributed by atoms with van der Waals surface area (Å²) in [6, 6.07) is 26.5. The van der Waals surface area contributed by atoms with Crippen molar-refractivity contribution in [3.05, 3.63) is 149 Å². The van der Waals surface area contributed by atoms with Crippen LogP contribution in [0.2, 0.25) is 0 Å². The normalized spacial score (nSPS) is 18.8. The minimum Gasteiger partial charge on any atom is -0.347 e. The van der Waals surface area contributed by atoms with Crippen LogP contribution in [0.5, 0.6) is 0 Å². The van der Waals surface area contributed by atoms with Crippen molar-refractivity contribution in [3.63, 3.8) is 0 Å². The Morgan fingerprint density at radius 3 is 2.29 bits per heavy atom. The van der Waals surface area contributed by atoms with Gasteiger partial charge in [-0.1, -0.05) is 125 Å². The molecule has 0 aromatic heterocycles. The molecular weight excluding hydrogens is 506 g/mol. The number of hydrogen-bond donors (Lipinski definition) is 0. The summed E-state index contributed by atoms with van der Waals surface area (Å²) in [5, 5.41) is 5.27. The largest absolute Gasteiger partial charge is 0.347 e. The zero-order valence-corrected chi connectivity index (χ0v) is 26.1. The van der Waals surface area contributed by atoms with Crippen LogP contribution in [0.4, 0.5) is 5.69 Å². The maximum absolute atomic E-state index is 4.56. The van der Waals surface area contributed by atoms with Gasteiger partial charge in [-0.3, -0.25) is 0 Å². The summed E-state index contributed by atoms with van der Waals surface area (Å²) in [5.74, 6) is 0. The van der Waals surface area contributed by atoms with Gasteiger partial charge in [0.2, 0.25) is 0 Å². The van der Waals surface area contributed by atoms with E-state index in [9.17, 15) is 0 Å². The molecule has 0 saturated heterocycles. The maximum Gasteiger partial charge on any atom is 0.0454 e. The fourth-order valence-electron chi connectivity index (χ4n) is 7.31. The van der Waals surface area contributed by atoms with E-state index in [0.717, 1.165) is 18.4 Å². The minimum atomic E-state index is -0.169. The van der Waals surface area contributed by atoms with Crippen molar-refractivity contribution in [1.29, 1.82) is 0 Å². The van der Waals surface area contributed by atoms with E-state index in [4.69, 9.17) is 0 Å². The standard InChI is InChI=1S/C41H43N/c1-28-19-23-32-15-8-10-17-34(32)38(28)40(3,4)29(2)20-21-30-13-12-14-31(27-30)22-26-37-41(5,6)39-35-18-11-9-16-33(35)24-25-36(39)42(37)7/h8-11,15-27H,2,12-14H2,1,3-7H3/b21-20+,31-22+,37-26+. The Hall–Kier alpha value is -4.10. The van der Waals surface area contributed by atoms with Crippen LogP contribution in [0.15, 0.2) is 132 Å². The van der Waals surface area contributed by atoms with Gasteiger partial charge in [-0.2, -0.15) is 0 Å². The number of allylic oxidation sites excluding steroid dienone is 9. The molecule has 4 aromatic rings. The van der Waals surface area contributed by atoms with Gasteiger partial charge in [-0.15, -0.1) is 0 Å². The summed E-state index contributed by atoms with van der Waals surface area (Å²) in [6.45, 7) is 16.1. The molecule has 1 nitrogen and oxygen atoms in total. The molecule has 42 heavy (non-hydrogen) atoms. The Morgan fingerprint density at radius 2 is 1.52 bits per heavy atom. The van der Waals surface area contributed by atoms with Crippen LogP contribution in [0.25, 0.3) is 21.5 Å². The lowest BCUT2D eigenvalue weighted by Crippen LogP contribution is -2.22. The second-order valence-corrected chi connectivity index (χ2v) is 13.2. The number of aryl methyl sites for hydroxylation is 1. The molecular formula is C41H43N. The molecule has 0 fully saturated rings. The molecule has 1 heteroatoms. The van der Waals surface area contributed by atoms with Gasteiger partial charge in [0, 0.05) is 29.3 Å². The van der Waals surface area contributed by atoms with Gasteiger partial charge in [0.25, 0.3) is 0 Å². The first-order chi connectivity index (χ1) is 20.1. The van der Waals surface area contributed by atoms with Gasteiger partial charge in [0.15, 0.2) is 0 Å². The third-order valence-electron chi connectivity index (χ3n) is 9.72. The lowest BCUT2D eigenvalue weighted by Gasteiger charge is -2.30. The molecule has 212 valence electrons. The van der Waals surface area contributed by atoms with Gasteiger partial charge in [0.05, 0.1) is 0 Å². The highest BCUT2D eigenvalue weighted by molar-refractivity contribution is 5.94. The Morgan fingerprint density at radius 1 is 0.857 bits per heavy atom. The van der Waals surface area contributed by atoms with Crippen LogP contribution < -0.4 is 4.90 Å². The number of anilines is 1. The van der Waals surface area contributed by atoms with E-state index in [1.807, 2.05) is 0 Å². The molecule has 6 rings (SSSR count). The molecule has 0 radical (unpaired) electrons. The monoisotopic (exact) mass is 549 g/mol. The highest BCUT2D eigenvalue weighted by atomic mass is 15.2. The van der Waals surface area contributed by atoms with Crippen molar-refractivity contribution < 1.29 is 0 Å². The van der Waals surface area contributed by atoms with Crippen molar-refractivity contribution in [2.24, 2.45) is 0 Å². The summed E-state index contributed by atoms with van der Waals surface area (Å²) in [5.41, 5.74) is 10.5. The molecule has 4 aromatic carbocycles. The van der Waals surface area contributed by atoms with E-state index < -0.39 is 0 Å². The molecule has 0 unspecified atom stereocenters. The minimum absolute atomic E-state index is 0.0633. The lowest BCUT2D eigenvalue weighted by atomic mass is 9.74. The van der Waals surface area contributed by atoms with Crippen molar-refractivity contribution in [3.8, 4) is 0 Å². The van der Waals surface area contributed by atoms with Crippen molar-refractivity contribution in [2.75, 3.05) is 11.9 Å². The molecule has 0 spiro atoms. The quantitative estimate of drug-likeness (QED) is 0.224. The van der Waals surface area contributed by atoms with E-state index in [0.29, 0.717) is 0 Å². The van der Waals surface area contributed by atoms with Gasteiger partial charge in [0.1, 0.15) is 0 Å². The molecule has 1 aliphatic heterocycles. The number of hydrogen-bond acceptors (Lipinski definition) is 1. The lowest BCUT2D eigenvalue weighted by molar-refractivity contribution is 0.643. The second-order valence-electron chi connectivity index (χ2n) is 13.2. The van der Waals surface area contributed by atoms with Crippen LogP contribution >= 0.6 is 0 Å². The Kier molecular flexibility index (Phi) is 7.09. The second kappa shape index (κ2) is 10.6. The van der Waals surface area contributed by atoms with E-state index in [1.54, 1.807) is 0 Å². The molecule has 1 aliphatic carbocycles. The van der Waals surface area contributed by atoms with E-state index in [-0.39, 0.29) is 10.8 Å². The predicted octanol–water partition coefficient (Wildman–Crippen LogP) is 11.0.